The molecule has 0 saturated carbocycles. The molecular weight excluding hydrogens is 238 g/mol. The van der Waals surface area contributed by atoms with Crippen LogP contribution in [0.4, 0.5) is 0 Å². The predicted molar refractivity (Wildman–Crippen MR) is 65.7 cm³/mol. The minimum Gasteiger partial charge on any atom is -0.481 e. The minimum atomic E-state index is -0.975. The van der Waals surface area contributed by atoms with E-state index in [1.54, 1.807) is 13.8 Å². The number of nitrogens with one attached hydrogen (secondary N) is 2. The Morgan fingerprint density at radius 3 is 1.89 bits per heavy atom. The monoisotopic (exact) mass is 259 g/mol. The van der Waals surface area contributed by atoms with E-state index < -0.39 is 17.8 Å². The van der Waals surface area contributed by atoms with Gasteiger partial charge in [-0.05, 0) is 0 Å². The second kappa shape index (κ2) is 8.46. The molecule has 0 unspecified atom stereocenters. The first-order valence-corrected chi connectivity index (χ1v) is 5.87. The highest BCUT2D eigenvalue weighted by molar-refractivity contribution is 5.87. The third-order valence-corrected chi connectivity index (χ3v) is 2.66. The van der Waals surface area contributed by atoms with Crippen LogP contribution in [0.15, 0.2) is 0 Å². The standard InChI is InChI=1S/C11H21N3O4/c1-7(8(2)11(18)14-6-4-12)10(17)13-5-3-9(15)16/h7-8H,3-6,12H2,1-2H3,(H,13,17)(H,14,18)(H,15,16)/t7-,8+/m0/s1. The molecule has 0 rings (SSSR count). The zero-order valence-electron chi connectivity index (χ0n) is 10.7. The molecule has 2 atom stereocenters. The van der Waals surface area contributed by atoms with Gasteiger partial charge in [-0.1, -0.05) is 13.8 Å². The molecule has 0 heterocycles. The Bertz CT molecular complexity index is 307. The van der Waals surface area contributed by atoms with Crippen molar-refractivity contribution < 1.29 is 19.5 Å². The maximum Gasteiger partial charge on any atom is 0.305 e. The van der Waals surface area contributed by atoms with Crippen LogP contribution in [0.2, 0.25) is 0 Å². The van der Waals surface area contributed by atoms with Crippen LogP contribution in [-0.2, 0) is 14.4 Å². The number of carbonyl (C=O) groups is 3. The fraction of sp³-hybridized carbons (Fsp3) is 0.727. The van der Waals surface area contributed by atoms with E-state index in [1.807, 2.05) is 0 Å². The molecule has 7 nitrogen and oxygen atoms in total. The van der Waals surface area contributed by atoms with Crippen molar-refractivity contribution >= 4 is 17.8 Å². The topological polar surface area (TPSA) is 122 Å². The summed E-state index contributed by atoms with van der Waals surface area (Å²) in [5.41, 5.74) is 5.26. The van der Waals surface area contributed by atoms with Crippen molar-refractivity contribution in [2.24, 2.45) is 17.6 Å². The van der Waals surface area contributed by atoms with Gasteiger partial charge in [0, 0.05) is 31.5 Å². The molecule has 0 aliphatic rings. The lowest BCUT2D eigenvalue weighted by atomic mass is 9.94. The van der Waals surface area contributed by atoms with Crippen LogP contribution in [0, 0.1) is 11.8 Å². The molecule has 0 radical (unpaired) electrons. The molecule has 0 spiro atoms. The molecule has 0 fully saturated rings. The third kappa shape index (κ3) is 6.19. The van der Waals surface area contributed by atoms with E-state index >= 15 is 0 Å². The lowest BCUT2D eigenvalue weighted by Gasteiger charge is -2.18. The highest BCUT2D eigenvalue weighted by atomic mass is 16.4. The molecule has 0 bridgehead atoms. The zero-order chi connectivity index (χ0) is 14.1. The second-order valence-corrected chi connectivity index (χ2v) is 4.09. The van der Waals surface area contributed by atoms with Gasteiger partial charge in [0.1, 0.15) is 0 Å². The largest absolute Gasteiger partial charge is 0.481 e. The average molecular weight is 259 g/mol. The van der Waals surface area contributed by atoms with Crippen LogP contribution < -0.4 is 16.4 Å². The third-order valence-electron chi connectivity index (χ3n) is 2.66. The van der Waals surface area contributed by atoms with E-state index in [1.165, 1.54) is 0 Å². The van der Waals surface area contributed by atoms with Crippen LogP contribution >= 0.6 is 0 Å². The Kier molecular flexibility index (Phi) is 7.69. The van der Waals surface area contributed by atoms with Gasteiger partial charge in [0.05, 0.1) is 6.42 Å². The number of carbonyl (C=O) groups excluding carboxylic acids is 2. The molecule has 2 amide bonds. The van der Waals surface area contributed by atoms with Crippen molar-refractivity contribution in [3.63, 3.8) is 0 Å². The van der Waals surface area contributed by atoms with Gasteiger partial charge in [-0.25, -0.2) is 0 Å². The second-order valence-electron chi connectivity index (χ2n) is 4.09. The number of nitrogens with two attached hydrogens (primary N) is 1. The number of carboxylic acid groups (broad SMARTS) is 1. The van der Waals surface area contributed by atoms with Gasteiger partial charge in [0.25, 0.3) is 0 Å². The van der Waals surface area contributed by atoms with Crippen molar-refractivity contribution in [1.29, 1.82) is 0 Å². The quantitative estimate of drug-likeness (QED) is 0.442. The van der Waals surface area contributed by atoms with E-state index in [-0.39, 0.29) is 24.8 Å². The molecule has 0 aromatic heterocycles. The van der Waals surface area contributed by atoms with Crippen LogP contribution in [0.5, 0.6) is 0 Å². The van der Waals surface area contributed by atoms with E-state index in [0.717, 1.165) is 0 Å². The Hall–Kier alpha value is -1.63. The number of carboxylic acids is 1. The van der Waals surface area contributed by atoms with Gasteiger partial charge in [0.2, 0.25) is 11.8 Å². The maximum atomic E-state index is 11.6. The minimum absolute atomic E-state index is 0.0651. The average Bonchev–Trinajstić information content (AvgIpc) is 2.33. The molecule has 0 aromatic rings. The van der Waals surface area contributed by atoms with E-state index in [0.29, 0.717) is 13.1 Å². The highest BCUT2D eigenvalue weighted by Gasteiger charge is 2.25. The predicted octanol–water partition coefficient (Wildman–Crippen LogP) is -1.08. The summed E-state index contributed by atoms with van der Waals surface area (Å²) in [6.45, 7) is 4.06. The number of rotatable bonds is 8. The van der Waals surface area contributed by atoms with Crippen LogP contribution in [-0.4, -0.2) is 42.5 Å². The molecular formula is C11H21N3O4. The summed E-state index contributed by atoms with van der Waals surface area (Å²) in [5, 5.41) is 13.5. The van der Waals surface area contributed by atoms with Gasteiger partial charge < -0.3 is 21.5 Å². The van der Waals surface area contributed by atoms with E-state index in [2.05, 4.69) is 10.6 Å². The Morgan fingerprint density at radius 2 is 1.50 bits per heavy atom. The molecule has 0 aliphatic carbocycles. The number of hydrogen-bond acceptors (Lipinski definition) is 4. The molecule has 0 aliphatic heterocycles. The molecule has 7 heteroatoms. The van der Waals surface area contributed by atoms with Crippen molar-refractivity contribution in [3.8, 4) is 0 Å². The lowest BCUT2D eigenvalue weighted by molar-refractivity contribution is -0.137. The van der Waals surface area contributed by atoms with Crippen molar-refractivity contribution in [1.82, 2.24) is 10.6 Å². The fourth-order valence-electron chi connectivity index (χ4n) is 1.26. The molecule has 104 valence electrons. The zero-order valence-corrected chi connectivity index (χ0v) is 10.7. The number of hydrogen-bond donors (Lipinski definition) is 4. The Labute approximate surface area is 106 Å². The first kappa shape index (κ1) is 16.4. The van der Waals surface area contributed by atoms with Gasteiger partial charge in [-0.3, -0.25) is 14.4 Å². The van der Waals surface area contributed by atoms with Gasteiger partial charge in [-0.2, -0.15) is 0 Å². The maximum absolute atomic E-state index is 11.6. The van der Waals surface area contributed by atoms with E-state index in [4.69, 9.17) is 10.8 Å². The van der Waals surface area contributed by atoms with Gasteiger partial charge in [-0.15, -0.1) is 0 Å². The van der Waals surface area contributed by atoms with E-state index in [9.17, 15) is 14.4 Å². The summed E-state index contributed by atoms with van der Waals surface area (Å²) in [4.78, 5) is 33.5. The summed E-state index contributed by atoms with van der Waals surface area (Å²) in [5.74, 6) is -2.54. The van der Waals surface area contributed by atoms with Crippen molar-refractivity contribution in [3.05, 3.63) is 0 Å². The van der Waals surface area contributed by atoms with Crippen molar-refractivity contribution in [2.75, 3.05) is 19.6 Å². The summed E-state index contributed by atoms with van der Waals surface area (Å²) >= 11 is 0. The highest BCUT2D eigenvalue weighted by Crippen LogP contribution is 2.11. The summed E-state index contributed by atoms with van der Waals surface area (Å²) in [6.07, 6.45) is -0.133. The van der Waals surface area contributed by atoms with Crippen LogP contribution in [0.25, 0.3) is 0 Å². The van der Waals surface area contributed by atoms with Crippen molar-refractivity contribution in [2.45, 2.75) is 20.3 Å². The Balaban J connectivity index is 4.10. The smallest absolute Gasteiger partial charge is 0.305 e. The van der Waals surface area contributed by atoms with Gasteiger partial charge >= 0.3 is 5.97 Å². The number of amides is 2. The Morgan fingerprint density at radius 1 is 1.06 bits per heavy atom. The SMILES string of the molecule is C[C@H](C(=O)NCCC(=O)O)[C@@H](C)C(=O)NCCN. The summed E-state index contributed by atoms with van der Waals surface area (Å²) in [7, 11) is 0. The molecule has 0 aromatic carbocycles. The fourth-order valence-corrected chi connectivity index (χ4v) is 1.26. The van der Waals surface area contributed by atoms with Crippen LogP contribution in [0.3, 0.4) is 0 Å². The normalized spacial score (nSPS) is 13.5. The first-order chi connectivity index (χ1) is 8.40. The molecule has 0 saturated heterocycles. The summed E-state index contributed by atoms with van der Waals surface area (Å²) in [6, 6.07) is 0. The molecule has 5 N–H and O–H groups in total. The number of aliphatic carboxylic acids is 1. The van der Waals surface area contributed by atoms with Gasteiger partial charge in [0.15, 0.2) is 0 Å². The summed E-state index contributed by atoms with van der Waals surface area (Å²) < 4.78 is 0. The van der Waals surface area contributed by atoms with Crippen LogP contribution in [0.1, 0.15) is 20.3 Å². The molecule has 18 heavy (non-hydrogen) atoms. The first-order valence-electron chi connectivity index (χ1n) is 5.87. The lowest BCUT2D eigenvalue weighted by Crippen LogP contribution is -2.41.